The molecule has 19 heavy (non-hydrogen) atoms. The number of nitrogens with two attached hydrogens (primary N) is 1. The monoisotopic (exact) mass is 267 g/mol. The summed E-state index contributed by atoms with van der Waals surface area (Å²) in [4.78, 5) is 15.0. The number of carbonyl (C=O) groups is 1. The number of nitrogens with one attached hydrogen (secondary N) is 1. The number of halogens is 3. The van der Waals surface area contributed by atoms with E-state index in [0.29, 0.717) is 0 Å². The Morgan fingerprint density at radius 3 is 2.53 bits per heavy atom. The van der Waals surface area contributed by atoms with E-state index in [1.165, 1.54) is 6.07 Å². The van der Waals surface area contributed by atoms with Gasteiger partial charge in [-0.2, -0.15) is 4.39 Å². The maximum Gasteiger partial charge on any atom is 0.261 e. The van der Waals surface area contributed by atoms with Gasteiger partial charge in [-0.1, -0.05) is 0 Å². The fourth-order valence-electron chi connectivity index (χ4n) is 1.42. The molecule has 0 fully saturated rings. The molecular weight excluding hydrogens is 259 g/mol. The molecule has 0 spiro atoms. The third-order valence-corrected chi connectivity index (χ3v) is 2.33. The molecule has 0 atom stereocenters. The molecule has 0 aliphatic heterocycles. The van der Waals surface area contributed by atoms with E-state index in [1.807, 2.05) is 0 Å². The van der Waals surface area contributed by atoms with Crippen LogP contribution in [0.1, 0.15) is 10.4 Å². The van der Waals surface area contributed by atoms with E-state index >= 15 is 0 Å². The van der Waals surface area contributed by atoms with Gasteiger partial charge in [0.25, 0.3) is 5.91 Å². The number of amides is 1. The molecule has 3 N–H and O–H groups in total. The second-order valence-corrected chi connectivity index (χ2v) is 3.65. The molecule has 1 aromatic carbocycles. The second-order valence-electron chi connectivity index (χ2n) is 3.65. The quantitative estimate of drug-likeness (QED) is 0.648. The van der Waals surface area contributed by atoms with E-state index in [-0.39, 0.29) is 11.4 Å². The van der Waals surface area contributed by atoms with Crippen LogP contribution in [0.4, 0.5) is 24.5 Å². The van der Waals surface area contributed by atoms with Crippen LogP contribution < -0.4 is 11.1 Å². The van der Waals surface area contributed by atoms with E-state index in [2.05, 4.69) is 10.3 Å². The SMILES string of the molecule is Nc1ccc(F)c(C(=O)Nc2ccc(F)nc2)c1F. The molecule has 2 aromatic rings. The first-order valence-electron chi connectivity index (χ1n) is 5.15. The van der Waals surface area contributed by atoms with Crippen molar-refractivity contribution in [1.29, 1.82) is 0 Å². The number of benzene rings is 1. The molecule has 98 valence electrons. The van der Waals surface area contributed by atoms with Gasteiger partial charge in [-0.25, -0.2) is 13.8 Å². The highest BCUT2D eigenvalue weighted by Gasteiger charge is 2.19. The Labute approximate surface area is 106 Å². The first kappa shape index (κ1) is 12.9. The van der Waals surface area contributed by atoms with Crippen molar-refractivity contribution >= 4 is 17.3 Å². The molecule has 2 rings (SSSR count). The first-order chi connectivity index (χ1) is 8.99. The van der Waals surface area contributed by atoms with Gasteiger partial charge in [-0.05, 0) is 24.3 Å². The van der Waals surface area contributed by atoms with Gasteiger partial charge in [0.2, 0.25) is 5.95 Å². The number of carbonyl (C=O) groups excluding carboxylic acids is 1. The van der Waals surface area contributed by atoms with Gasteiger partial charge in [-0.15, -0.1) is 0 Å². The number of nitrogens with zero attached hydrogens (tertiary/aromatic N) is 1. The summed E-state index contributed by atoms with van der Waals surface area (Å²) in [6, 6.07) is 4.11. The third-order valence-electron chi connectivity index (χ3n) is 2.33. The highest BCUT2D eigenvalue weighted by Crippen LogP contribution is 2.20. The van der Waals surface area contributed by atoms with Crippen molar-refractivity contribution in [3.05, 3.63) is 53.6 Å². The molecule has 0 saturated carbocycles. The van der Waals surface area contributed by atoms with Crippen LogP contribution in [0.15, 0.2) is 30.5 Å². The topological polar surface area (TPSA) is 68.0 Å². The van der Waals surface area contributed by atoms with Crippen LogP contribution in [0, 0.1) is 17.6 Å². The molecular formula is C12H8F3N3O. The zero-order valence-electron chi connectivity index (χ0n) is 9.45. The van der Waals surface area contributed by atoms with E-state index < -0.39 is 29.1 Å². The van der Waals surface area contributed by atoms with E-state index in [4.69, 9.17) is 5.73 Å². The molecule has 0 aliphatic rings. The molecule has 0 aliphatic carbocycles. The Balaban J connectivity index is 2.30. The van der Waals surface area contributed by atoms with Gasteiger partial charge in [0.1, 0.15) is 11.4 Å². The molecule has 0 saturated heterocycles. The minimum Gasteiger partial charge on any atom is -0.396 e. The maximum absolute atomic E-state index is 13.6. The minimum atomic E-state index is -1.15. The van der Waals surface area contributed by atoms with Crippen molar-refractivity contribution in [3.8, 4) is 0 Å². The Hall–Kier alpha value is -2.57. The number of nitrogen functional groups attached to an aromatic ring is 1. The van der Waals surface area contributed by atoms with Crippen molar-refractivity contribution in [2.75, 3.05) is 11.1 Å². The summed E-state index contributed by atoms with van der Waals surface area (Å²) in [5, 5.41) is 2.19. The predicted molar refractivity (Wildman–Crippen MR) is 62.9 cm³/mol. The fraction of sp³-hybridized carbons (Fsp3) is 0. The van der Waals surface area contributed by atoms with Crippen molar-refractivity contribution < 1.29 is 18.0 Å². The molecule has 0 bridgehead atoms. The van der Waals surface area contributed by atoms with E-state index in [1.54, 1.807) is 0 Å². The smallest absolute Gasteiger partial charge is 0.261 e. The van der Waals surface area contributed by atoms with Crippen LogP contribution in [-0.4, -0.2) is 10.9 Å². The highest BCUT2D eigenvalue weighted by molar-refractivity contribution is 6.05. The number of rotatable bonds is 2. The van der Waals surface area contributed by atoms with E-state index in [0.717, 1.165) is 24.4 Å². The summed E-state index contributed by atoms with van der Waals surface area (Å²) in [5.41, 5.74) is 4.22. The molecule has 0 radical (unpaired) electrons. The molecule has 1 heterocycles. The van der Waals surface area contributed by atoms with Crippen molar-refractivity contribution in [2.45, 2.75) is 0 Å². The molecule has 7 heteroatoms. The van der Waals surface area contributed by atoms with Crippen LogP contribution in [-0.2, 0) is 0 Å². The van der Waals surface area contributed by atoms with Gasteiger partial charge >= 0.3 is 0 Å². The zero-order chi connectivity index (χ0) is 14.0. The first-order valence-corrected chi connectivity index (χ1v) is 5.15. The van der Waals surface area contributed by atoms with Gasteiger partial charge in [-0.3, -0.25) is 4.79 Å². The Kier molecular flexibility index (Phi) is 3.37. The standard InChI is InChI=1S/C12H8F3N3O/c13-7-2-3-8(16)11(15)10(7)12(19)18-6-1-4-9(14)17-5-6/h1-5H,16H2,(H,18,19). The third kappa shape index (κ3) is 2.65. The van der Waals surface area contributed by atoms with Crippen molar-refractivity contribution in [3.63, 3.8) is 0 Å². The van der Waals surface area contributed by atoms with E-state index in [9.17, 15) is 18.0 Å². The molecule has 0 unspecified atom stereocenters. The number of aromatic nitrogens is 1. The number of hydrogen-bond acceptors (Lipinski definition) is 3. The molecule has 1 amide bonds. The summed E-state index contributed by atoms with van der Waals surface area (Å²) < 4.78 is 39.6. The largest absolute Gasteiger partial charge is 0.396 e. The van der Waals surface area contributed by atoms with Gasteiger partial charge < -0.3 is 11.1 Å². The lowest BCUT2D eigenvalue weighted by atomic mass is 10.1. The number of hydrogen-bond donors (Lipinski definition) is 2. The average Bonchev–Trinajstić information content (AvgIpc) is 2.37. The zero-order valence-corrected chi connectivity index (χ0v) is 9.45. The number of anilines is 2. The summed E-state index contributed by atoms with van der Waals surface area (Å²) in [5.74, 6) is -3.96. The average molecular weight is 267 g/mol. The van der Waals surface area contributed by atoms with Crippen LogP contribution in [0.5, 0.6) is 0 Å². The summed E-state index contributed by atoms with van der Waals surface area (Å²) >= 11 is 0. The van der Waals surface area contributed by atoms with Crippen LogP contribution in [0.2, 0.25) is 0 Å². The minimum absolute atomic E-state index is 0.104. The lowest BCUT2D eigenvalue weighted by Gasteiger charge is -2.08. The fourth-order valence-corrected chi connectivity index (χ4v) is 1.42. The predicted octanol–water partition coefficient (Wildman–Crippen LogP) is 2.33. The molecule has 4 nitrogen and oxygen atoms in total. The van der Waals surface area contributed by atoms with Gasteiger partial charge in [0.05, 0.1) is 17.6 Å². The number of pyridine rings is 1. The van der Waals surface area contributed by atoms with Crippen LogP contribution in [0.25, 0.3) is 0 Å². The summed E-state index contributed by atoms with van der Waals surface area (Å²) in [6.45, 7) is 0. The van der Waals surface area contributed by atoms with Crippen molar-refractivity contribution in [1.82, 2.24) is 4.98 Å². The summed E-state index contributed by atoms with van der Waals surface area (Å²) in [7, 11) is 0. The maximum atomic E-state index is 13.6. The van der Waals surface area contributed by atoms with Crippen LogP contribution in [0.3, 0.4) is 0 Å². The lowest BCUT2D eigenvalue weighted by molar-refractivity contribution is 0.101. The van der Waals surface area contributed by atoms with Gasteiger partial charge in [0.15, 0.2) is 5.82 Å². The highest BCUT2D eigenvalue weighted by atomic mass is 19.1. The summed E-state index contributed by atoms with van der Waals surface area (Å²) in [6.07, 6.45) is 1.02. The normalized spacial score (nSPS) is 10.3. The van der Waals surface area contributed by atoms with Crippen molar-refractivity contribution in [2.24, 2.45) is 0 Å². The van der Waals surface area contributed by atoms with Gasteiger partial charge in [0, 0.05) is 0 Å². The Morgan fingerprint density at radius 1 is 1.16 bits per heavy atom. The lowest BCUT2D eigenvalue weighted by Crippen LogP contribution is -2.17. The Morgan fingerprint density at radius 2 is 1.89 bits per heavy atom. The Bertz CT molecular complexity index is 629. The second kappa shape index (κ2) is 4.97. The van der Waals surface area contributed by atoms with Crippen LogP contribution >= 0.6 is 0 Å². The molecule has 1 aromatic heterocycles.